The number of hydrogen-bond acceptors (Lipinski definition) is 5. The monoisotopic (exact) mass is 449 g/mol. The third-order valence-electron chi connectivity index (χ3n) is 4.31. The van der Waals surface area contributed by atoms with Gasteiger partial charge in [-0.3, -0.25) is 0 Å². The van der Waals surface area contributed by atoms with Gasteiger partial charge in [0.1, 0.15) is 5.50 Å². The van der Waals surface area contributed by atoms with Crippen LogP contribution in [0.15, 0.2) is 47.4 Å². The molecule has 2 aromatic rings. The summed E-state index contributed by atoms with van der Waals surface area (Å²) in [6, 6.07) is 12.5. The molecule has 2 aromatic carbocycles. The molecule has 148 valence electrons. The SMILES string of the molecule is CS(=O)(=O)c1ccc(N2CCNCC2)cc1NC(Cl)c1ccccc1Cl.Cl. The van der Waals surface area contributed by atoms with Crippen molar-refractivity contribution in [2.75, 3.05) is 42.7 Å². The van der Waals surface area contributed by atoms with E-state index in [1.807, 2.05) is 30.3 Å². The molecule has 1 heterocycles. The lowest BCUT2D eigenvalue weighted by atomic mass is 10.2. The minimum Gasteiger partial charge on any atom is -0.369 e. The average Bonchev–Trinajstić information content (AvgIpc) is 2.62. The molecular weight excluding hydrogens is 429 g/mol. The van der Waals surface area contributed by atoms with Gasteiger partial charge in [0.15, 0.2) is 9.84 Å². The minimum atomic E-state index is -3.40. The lowest BCUT2D eigenvalue weighted by molar-refractivity contribution is 0.589. The van der Waals surface area contributed by atoms with Gasteiger partial charge in [-0.25, -0.2) is 8.42 Å². The van der Waals surface area contributed by atoms with Crippen LogP contribution >= 0.6 is 35.6 Å². The highest BCUT2D eigenvalue weighted by Gasteiger charge is 2.20. The average molecular weight is 451 g/mol. The summed E-state index contributed by atoms with van der Waals surface area (Å²) >= 11 is 12.7. The van der Waals surface area contributed by atoms with Crippen LogP contribution in [-0.4, -0.2) is 40.9 Å². The molecule has 2 N–H and O–H groups in total. The van der Waals surface area contributed by atoms with Gasteiger partial charge in [0, 0.05) is 48.7 Å². The molecule has 1 saturated heterocycles. The van der Waals surface area contributed by atoms with E-state index in [4.69, 9.17) is 23.2 Å². The maximum Gasteiger partial charge on any atom is 0.177 e. The minimum absolute atomic E-state index is 0. The molecule has 1 aliphatic heterocycles. The van der Waals surface area contributed by atoms with E-state index >= 15 is 0 Å². The van der Waals surface area contributed by atoms with Gasteiger partial charge < -0.3 is 15.5 Å². The van der Waals surface area contributed by atoms with E-state index in [2.05, 4.69) is 15.5 Å². The van der Waals surface area contributed by atoms with Gasteiger partial charge in [-0.2, -0.15) is 0 Å². The molecule has 0 bridgehead atoms. The standard InChI is InChI=1S/C18H21Cl2N3O2S.ClH/c1-26(24,25)17-7-6-13(23-10-8-21-9-11-23)12-16(17)22-18(20)14-4-2-3-5-15(14)19;/h2-7,12,18,21-22H,8-11H2,1H3;1H. The maximum absolute atomic E-state index is 12.2. The number of sulfone groups is 1. The number of benzene rings is 2. The summed E-state index contributed by atoms with van der Waals surface area (Å²) in [7, 11) is -3.40. The van der Waals surface area contributed by atoms with Crippen molar-refractivity contribution in [3.8, 4) is 0 Å². The van der Waals surface area contributed by atoms with Crippen LogP contribution in [0.4, 0.5) is 11.4 Å². The van der Waals surface area contributed by atoms with Crippen molar-refractivity contribution in [1.82, 2.24) is 5.32 Å². The lowest BCUT2D eigenvalue weighted by Crippen LogP contribution is -2.43. The summed E-state index contributed by atoms with van der Waals surface area (Å²) in [5, 5.41) is 6.95. The predicted octanol–water partition coefficient (Wildman–Crippen LogP) is 3.92. The van der Waals surface area contributed by atoms with E-state index in [9.17, 15) is 8.42 Å². The van der Waals surface area contributed by atoms with Crippen LogP contribution < -0.4 is 15.5 Å². The van der Waals surface area contributed by atoms with Gasteiger partial charge >= 0.3 is 0 Å². The van der Waals surface area contributed by atoms with Gasteiger partial charge in [0.25, 0.3) is 0 Å². The zero-order valence-electron chi connectivity index (χ0n) is 14.8. The van der Waals surface area contributed by atoms with E-state index in [1.165, 1.54) is 6.26 Å². The van der Waals surface area contributed by atoms with Crippen molar-refractivity contribution in [1.29, 1.82) is 0 Å². The molecule has 0 amide bonds. The molecule has 0 aromatic heterocycles. The Morgan fingerprint density at radius 3 is 2.44 bits per heavy atom. The van der Waals surface area contributed by atoms with E-state index in [1.54, 1.807) is 12.1 Å². The fourth-order valence-electron chi connectivity index (χ4n) is 2.97. The second-order valence-corrected chi connectivity index (χ2v) is 9.05. The first-order valence-electron chi connectivity index (χ1n) is 8.31. The molecule has 1 atom stereocenters. The summed E-state index contributed by atoms with van der Waals surface area (Å²) < 4.78 is 24.4. The van der Waals surface area contributed by atoms with Gasteiger partial charge in [0.2, 0.25) is 0 Å². The molecule has 0 saturated carbocycles. The topological polar surface area (TPSA) is 61.4 Å². The first kappa shape index (κ1) is 22.1. The van der Waals surface area contributed by atoms with Gasteiger partial charge in [-0.15, -0.1) is 12.4 Å². The Kier molecular flexibility index (Phi) is 7.65. The predicted molar refractivity (Wildman–Crippen MR) is 116 cm³/mol. The number of hydrogen-bond donors (Lipinski definition) is 2. The largest absolute Gasteiger partial charge is 0.369 e. The van der Waals surface area contributed by atoms with Crippen molar-refractivity contribution in [3.63, 3.8) is 0 Å². The molecule has 5 nitrogen and oxygen atoms in total. The van der Waals surface area contributed by atoms with E-state index in [0.29, 0.717) is 16.3 Å². The lowest BCUT2D eigenvalue weighted by Gasteiger charge is -2.30. The summed E-state index contributed by atoms with van der Waals surface area (Å²) in [6.07, 6.45) is 1.19. The van der Waals surface area contributed by atoms with Crippen molar-refractivity contribution in [2.24, 2.45) is 0 Å². The number of alkyl halides is 1. The molecule has 1 fully saturated rings. The quantitative estimate of drug-likeness (QED) is 0.534. The molecule has 0 aliphatic carbocycles. The summed E-state index contributed by atoms with van der Waals surface area (Å²) in [5.41, 5.74) is 1.48. The highest BCUT2D eigenvalue weighted by Crippen LogP contribution is 2.34. The third kappa shape index (κ3) is 5.42. The highest BCUT2D eigenvalue weighted by atomic mass is 35.5. The van der Waals surface area contributed by atoms with Crippen LogP contribution in [0.25, 0.3) is 0 Å². The molecule has 27 heavy (non-hydrogen) atoms. The number of halogens is 3. The first-order valence-corrected chi connectivity index (χ1v) is 11.0. The summed E-state index contributed by atoms with van der Waals surface area (Å²) in [5.74, 6) is 0. The second kappa shape index (κ2) is 9.34. The normalized spacial score (nSPS) is 15.7. The molecule has 1 unspecified atom stereocenters. The van der Waals surface area contributed by atoms with Crippen LogP contribution in [0.5, 0.6) is 0 Å². The van der Waals surface area contributed by atoms with Crippen molar-refractivity contribution in [3.05, 3.63) is 53.1 Å². The van der Waals surface area contributed by atoms with Crippen molar-refractivity contribution < 1.29 is 8.42 Å². The Labute approximate surface area is 176 Å². The molecular formula is C18H22Cl3N3O2S. The molecule has 0 radical (unpaired) electrons. The van der Waals surface area contributed by atoms with E-state index < -0.39 is 15.3 Å². The van der Waals surface area contributed by atoms with Crippen LogP contribution in [0.3, 0.4) is 0 Å². The summed E-state index contributed by atoms with van der Waals surface area (Å²) in [4.78, 5) is 2.43. The summed E-state index contributed by atoms with van der Waals surface area (Å²) in [6.45, 7) is 3.53. The molecule has 1 aliphatic rings. The number of nitrogens with zero attached hydrogens (tertiary/aromatic N) is 1. The number of anilines is 2. The zero-order chi connectivity index (χ0) is 18.7. The van der Waals surface area contributed by atoms with Gasteiger partial charge in [0.05, 0.1) is 10.6 Å². The Morgan fingerprint density at radius 1 is 1.15 bits per heavy atom. The Bertz CT molecular complexity index is 887. The molecule has 0 spiro atoms. The Hall–Kier alpha value is -1.18. The van der Waals surface area contributed by atoms with Crippen LogP contribution in [0.2, 0.25) is 5.02 Å². The first-order chi connectivity index (χ1) is 12.4. The third-order valence-corrected chi connectivity index (χ3v) is 6.15. The van der Waals surface area contributed by atoms with Crippen LogP contribution in [-0.2, 0) is 9.84 Å². The highest BCUT2D eigenvalue weighted by molar-refractivity contribution is 7.90. The Balaban J connectivity index is 0.00000261. The van der Waals surface area contributed by atoms with Crippen LogP contribution in [0.1, 0.15) is 11.1 Å². The van der Waals surface area contributed by atoms with Gasteiger partial charge in [-0.05, 0) is 24.3 Å². The van der Waals surface area contributed by atoms with E-state index in [0.717, 1.165) is 31.9 Å². The maximum atomic E-state index is 12.2. The Morgan fingerprint density at radius 2 is 1.81 bits per heavy atom. The number of piperazine rings is 1. The zero-order valence-corrected chi connectivity index (χ0v) is 17.9. The van der Waals surface area contributed by atoms with Crippen molar-refractivity contribution >= 4 is 56.8 Å². The molecule has 9 heteroatoms. The fraction of sp³-hybridized carbons (Fsp3) is 0.333. The molecule has 3 rings (SSSR count). The fourth-order valence-corrected chi connectivity index (χ4v) is 4.41. The smallest absolute Gasteiger partial charge is 0.177 e. The van der Waals surface area contributed by atoms with E-state index in [-0.39, 0.29) is 17.3 Å². The van der Waals surface area contributed by atoms with Crippen molar-refractivity contribution in [2.45, 2.75) is 10.4 Å². The second-order valence-electron chi connectivity index (χ2n) is 6.22. The number of nitrogens with one attached hydrogen (secondary N) is 2. The van der Waals surface area contributed by atoms with Gasteiger partial charge in [-0.1, -0.05) is 41.4 Å². The van der Waals surface area contributed by atoms with Crippen LogP contribution in [0, 0.1) is 0 Å². The number of rotatable bonds is 5.